The Morgan fingerprint density at radius 2 is 1.80 bits per heavy atom. The van der Waals surface area contributed by atoms with Crippen LogP contribution in [-0.4, -0.2) is 21.9 Å². The number of nitrogens with zero attached hydrogens (tertiary/aromatic N) is 2. The number of hydrogen-bond donors (Lipinski definition) is 3. The lowest BCUT2D eigenvalue weighted by molar-refractivity contribution is 0.102. The van der Waals surface area contributed by atoms with Crippen molar-refractivity contribution in [3.8, 4) is 0 Å². The highest BCUT2D eigenvalue weighted by Crippen LogP contribution is 2.15. The third-order valence-electron chi connectivity index (χ3n) is 2.40. The number of benzene rings is 1. The molecule has 1 heterocycles. The van der Waals surface area contributed by atoms with Gasteiger partial charge in [0.15, 0.2) is 0 Å². The number of anilines is 2. The number of rotatable bonds is 3. The van der Waals surface area contributed by atoms with Gasteiger partial charge in [0.05, 0.1) is 11.9 Å². The number of primary amides is 1. The third-order valence-corrected chi connectivity index (χ3v) is 2.40. The van der Waals surface area contributed by atoms with Crippen molar-refractivity contribution in [2.45, 2.75) is 6.92 Å². The highest BCUT2D eigenvalue weighted by Gasteiger charge is 2.08. The largest absolute Gasteiger partial charge is 0.351 e. The molecule has 0 aliphatic carbocycles. The molecule has 7 nitrogen and oxygen atoms in total. The SMILES string of the molecule is Cc1cnc(C(=O)Nc2cccc(NC(N)=O)c2)cn1. The predicted octanol–water partition coefficient (Wildman–Crippen LogP) is 1.53. The number of carbonyl (C=O) groups excluding carboxylic acids is 2. The van der Waals surface area contributed by atoms with Crippen molar-refractivity contribution in [2.24, 2.45) is 5.73 Å². The Hall–Kier alpha value is -2.96. The minimum Gasteiger partial charge on any atom is -0.351 e. The van der Waals surface area contributed by atoms with Crippen molar-refractivity contribution >= 4 is 23.3 Å². The van der Waals surface area contributed by atoms with Gasteiger partial charge in [0.25, 0.3) is 5.91 Å². The van der Waals surface area contributed by atoms with Crippen LogP contribution in [0.15, 0.2) is 36.7 Å². The number of amides is 3. The van der Waals surface area contributed by atoms with Gasteiger partial charge in [0.2, 0.25) is 0 Å². The van der Waals surface area contributed by atoms with Gasteiger partial charge in [-0.2, -0.15) is 0 Å². The summed E-state index contributed by atoms with van der Waals surface area (Å²) in [5, 5.41) is 5.08. The van der Waals surface area contributed by atoms with Crippen LogP contribution in [0.2, 0.25) is 0 Å². The van der Waals surface area contributed by atoms with E-state index in [-0.39, 0.29) is 11.6 Å². The summed E-state index contributed by atoms with van der Waals surface area (Å²) < 4.78 is 0. The first-order valence-electron chi connectivity index (χ1n) is 5.81. The Bertz CT molecular complexity index is 639. The number of aromatic nitrogens is 2. The van der Waals surface area contributed by atoms with E-state index in [0.717, 1.165) is 5.69 Å². The quantitative estimate of drug-likeness (QED) is 0.786. The van der Waals surface area contributed by atoms with E-state index in [1.54, 1.807) is 31.2 Å². The molecule has 0 bridgehead atoms. The summed E-state index contributed by atoms with van der Waals surface area (Å²) in [4.78, 5) is 30.7. The molecule has 0 fully saturated rings. The Balaban J connectivity index is 2.11. The van der Waals surface area contributed by atoms with E-state index in [2.05, 4.69) is 20.6 Å². The van der Waals surface area contributed by atoms with Crippen molar-refractivity contribution in [3.05, 3.63) is 48.0 Å². The second-order valence-electron chi connectivity index (χ2n) is 4.07. The van der Waals surface area contributed by atoms with E-state index in [1.165, 1.54) is 12.4 Å². The molecule has 1 aromatic heterocycles. The van der Waals surface area contributed by atoms with Crippen molar-refractivity contribution in [1.82, 2.24) is 9.97 Å². The van der Waals surface area contributed by atoms with Gasteiger partial charge in [-0.1, -0.05) is 6.07 Å². The lowest BCUT2D eigenvalue weighted by Crippen LogP contribution is -2.19. The van der Waals surface area contributed by atoms with Crippen LogP contribution in [0.4, 0.5) is 16.2 Å². The molecule has 2 aromatic rings. The molecule has 0 saturated carbocycles. The number of hydrogen-bond acceptors (Lipinski definition) is 4. The predicted molar refractivity (Wildman–Crippen MR) is 74.4 cm³/mol. The Labute approximate surface area is 115 Å². The maximum atomic E-state index is 11.9. The highest BCUT2D eigenvalue weighted by atomic mass is 16.2. The molecule has 20 heavy (non-hydrogen) atoms. The molecular formula is C13H13N5O2. The Morgan fingerprint density at radius 3 is 2.40 bits per heavy atom. The molecule has 102 valence electrons. The van der Waals surface area contributed by atoms with Gasteiger partial charge in [-0.15, -0.1) is 0 Å². The number of aryl methyl sites for hydroxylation is 1. The van der Waals surface area contributed by atoms with Crippen LogP contribution in [-0.2, 0) is 0 Å². The third kappa shape index (κ3) is 3.52. The first kappa shape index (κ1) is 13.5. The van der Waals surface area contributed by atoms with E-state index >= 15 is 0 Å². The second-order valence-corrected chi connectivity index (χ2v) is 4.07. The fourth-order valence-corrected chi connectivity index (χ4v) is 1.52. The van der Waals surface area contributed by atoms with Crippen LogP contribution in [0.25, 0.3) is 0 Å². The van der Waals surface area contributed by atoms with Crippen molar-refractivity contribution in [3.63, 3.8) is 0 Å². The summed E-state index contributed by atoms with van der Waals surface area (Å²) in [6, 6.07) is 5.95. The lowest BCUT2D eigenvalue weighted by atomic mass is 10.2. The van der Waals surface area contributed by atoms with Gasteiger partial charge < -0.3 is 16.4 Å². The van der Waals surface area contributed by atoms with Crippen LogP contribution >= 0.6 is 0 Å². The van der Waals surface area contributed by atoms with Gasteiger partial charge >= 0.3 is 6.03 Å². The molecule has 0 radical (unpaired) electrons. The van der Waals surface area contributed by atoms with Crippen LogP contribution in [0.1, 0.15) is 16.2 Å². The average molecular weight is 271 g/mol. The number of carbonyl (C=O) groups is 2. The average Bonchev–Trinajstić information content (AvgIpc) is 2.39. The van der Waals surface area contributed by atoms with E-state index < -0.39 is 6.03 Å². The van der Waals surface area contributed by atoms with Gasteiger partial charge in [-0.05, 0) is 25.1 Å². The smallest absolute Gasteiger partial charge is 0.316 e. The van der Waals surface area contributed by atoms with Crippen LogP contribution in [0.3, 0.4) is 0 Å². The fourth-order valence-electron chi connectivity index (χ4n) is 1.52. The van der Waals surface area contributed by atoms with Gasteiger partial charge in [-0.25, -0.2) is 9.78 Å². The van der Waals surface area contributed by atoms with Crippen LogP contribution in [0, 0.1) is 6.92 Å². The molecule has 0 aliphatic heterocycles. The Kier molecular flexibility index (Phi) is 3.90. The number of nitrogens with one attached hydrogen (secondary N) is 2. The summed E-state index contributed by atoms with van der Waals surface area (Å²) in [5.74, 6) is -0.381. The summed E-state index contributed by atoms with van der Waals surface area (Å²) in [6.07, 6.45) is 2.91. The van der Waals surface area contributed by atoms with Crippen molar-refractivity contribution in [2.75, 3.05) is 10.6 Å². The zero-order chi connectivity index (χ0) is 14.5. The Morgan fingerprint density at radius 1 is 1.10 bits per heavy atom. The first-order valence-corrected chi connectivity index (χ1v) is 5.81. The topological polar surface area (TPSA) is 110 Å². The minimum absolute atomic E-state index is 0.212. The van der Waals surface area contributed by atoms with Gasteiger partial charge in [-0.3, -0.25) is 9.78 Å². The second kappa shape index (κ2) is 5.79. The molecule has 0 saturated heterocycles. The lowest BCUT2D eigenvalue weighted by Gasteiger charge is -2.07. The molecule has 1 aromatic carbocycles. The fraction of sp³-hybridized carbons (Fsp3) is 0.0769. The molecule has 0 spiro atoms. The van der Waals surface area contributed by atoms with Gasteiger partial charge in [0.1, 0.15) is 5.69 Å². The number of nitrogens with two attached hydrogens (primary N) is 1. The maximum Gasteiger partial charge on any atom is 0.316 e. The number of urea groups is 1. The summed E-state index contributed by atoms with van der Waals surface area (Å²) in [5.41, 5.74) is 6.98. The molecular weight excluding hydrogens is 258 g/mol. The molecule has 0 unspecified atom stereocenters. The zero-order valence-electron chi connectivity index (χ0n) is 10.8. The van der Waals surface area contributed by atoms with E-state index in [1.807, 2.05) is 0 Å². The maximum absolute atomic E-state index is 11.9. The summed E-state index contributed by atoms with van der Waals surface area (Å²) in [7, 11) is 0. The standard InChI is InChI=1S/C13H13N5O2/c1-8-6-16-11(7-15-8)12(19)17-9-3-2-4-10(5-9)18-13(14)20/h2-7H,1H3,(H,17,19)(H3,14,18,20). The molecule has 7 heteroatoms. The molecule has 3 amide bonds. The zero-order valence-corrected chi connectivity index (χ0v) is 10.8. The minimum atomic E-state index is -0.669. The van der Waals surface area contributed by atoms with E-state index in [4.69, 9.17) is 5.73 Å². The molecule has 4 N–H and O–H groups in total. The van der Waals surface area contributed by atoms with E-state index in [9.17, 15) is 9.59 Å². The molecule has 0 atom stereocenters. The summed E-state index contributed by atoms with van der Waals surface area (Å²) >= 11 is 0. The first-order chi connectivity index (χ1) is 9.54. The van der Waals surface area contributed by atoms with Crippen LogP contribution in [0.5, 0.6) is 0 Å². The van der Waals surface area contributed by atoms with E-state index in [0.29, 0.717) is 11.4 Å². The van der Waals surface area contributed by atoms with Crippen LogP contribution < -0.4 is 16.4 Å². The highest BCUT2D eigenvalue weighted by molar-refractivity contribution is 6.03. The monoisotopic (exact) mass is 271 g/mol. The normalized spacial score (nSPS) is 9.85. The van der Waals surface area contributed by atoms with Crippen molar-refractivity contribution < 1.29 is 9.59 Å². The van der Waals surface area contributed by atoms with Crippen molar-refractivity contribution in [1.29, 1.82) is 0 Å². The summed E-state index contributed by atoms with van der Waals surface area (Å²) in [6.45, 7) is 1.79. The molecule has 0 aliphatic rings. The van der Waals surface area contributed by atoms with Gasteiger partial charge in [0, 0.05) is 17.6 Å². The molecule has 2 rings (SSSR count).